The zero-order valence-corrected chi connectivity index (χ0v) is 9.95. The molecule has 1 unspecified atom stereocenters. The first-order valence-electron chi connectivity index (χ1n) is 5.74. The molecule has 0 aromatic carbocycles. The molecule has 2 N–H and O–H groups in total. The number of carboxylic acids is 1. The first kappa shape index (κ1) is 13.0. The lowest BCUT2D eigenvalue weighted by atomic mass is 9.92. The molecule has 0 radical (unpaired) electrons. The van der Waals surface area contributed by atoms with Gasteiger partial charge in [0.2, 0.25) is 5.91 Å². The van der Waals surface area contributed by atoms with Crippen molar-refractivity contribution < 1.29 is 14.7 Å². The summed E-state index contributed by atoms with van der Waals surface area (Å²) in [6.45, 7) is 3.13. The Morgan fingerprint density at radius 2 is 2.19 bits per heavy atom. The number of hydrogen-bond donors (Lipinski definition) is 2. The molecule has 1 atom stereocenters. The molecule has 1 amide bonds. The molecule has 0 bridgehead atoms. The van der Waals surface area contributed by atoms with Gasteiger partial charge in [0, 0.05) is 13.6 Å². The van der Waals surface area contributed by atoms with Gasteiger partial charge >= 0.3 is 5.97 Å². The molecule has 1 rings (SSSR count). The number of hydrogen-bond acceptors (Lipinski definition) is 3. The van der Waals surface area contributed by atoms with E-state index in [1.165, 1.54) is 4.90 Å². The maximum absolute atomic E-state index is 12.2. The molecule has 0 aromatic rings. The predicted molar refractivity (Wildman–Crippen MR) is 60.1 cm³/mol. The van der Waals surface area contributed by atoms with Gasteiger partial charge in [0.15, 0.2) is 0 Å². The number of likely N-dealkylation sites (N-methyl/N-ethyl adjacent to an activating group) is 1. The average molecular weight is 228 g/mol. The van der Waals surface area contributed by atoms with Crippen LogP contribution in [-0.4, -0.2) is 47.6 Å². The molecule has 1 aliphatic heterocycles. The van der Waals surface area contributed by atoms with Gasteiger partial charge in [-0.15, -0.1) is 0 Å². The van der Waals surface area contributed by atoms with Crippen LogP contribution in [0.3, 0.4) is 0 Å². The van der Waals surface area contributed by atoms with E-state index in [4.69, 9.17) is 5.11 Å². The van der Waals surface area contributed by atoms with E-state index in [2.05, 4.69) is 5.32 Å². The number of carbonyl (C=O) groups is 2. The molecule has 16 heavy (non-hydrogen) atoms. The Kier molecular flexibility index (Phi) is 4.29. The minimum absolute atomic E-state index is 0.00202. The van der Waals surface area contributed by atoms with Gasteiger partial charge in [-0.3, -0.25) is 9.59 Å². The van der Waals surface area contributed by atoms with Gasteiger partial charge in [-0.05, 0) is 25.8 Å². The Bertz CT molecular complexity index is 272. The number of aliphatic carboxylic acids is 1. The number of amides is 1. The van der Waals surface area contributed by atoms with Crippen LogP contribution in [0.2, 0.25) is 0 Å². The van der Waals surface area contributed by atoms with Gasteiger partial charge in [-0.25, -0.2) is 0 Å². The Morgan fingerprint density at radius 3 is 2.62 bits per heavy atom. The van der Waals surface area contributed by atoms with Gasteiger partial charge in [0.1, 0.15) is 0 Å². The van der Waals surface area contributed by atoms with E-state index in [0.29, 0.717) is 0 Å². The summed E-state index contributed by atoms with van der Waals surface area (Å²) < 4.78 is 0. The first-order valence-corrected chi connectivity index (χ1v) is 5.74. The van der Waals surface area contributed by atoms with Crippen LogP contribution in [0.1, 0.15) is 32.6 Å². The van der Waals surface area contributed by atoms with Crippen LogP contribution in [0, 0.1) is 0 Å². The topological polar surface area (TPSA) is 69.6 Å². The van der Waals surface area contributed by atoms with Crippen molar-refractivity contribution in [2.75, 3.05) is 20.1 Å². The third kappa shape index (κ3) is 2.72. The van der Waals surface area contributed by atoms with Crippen LogP contribution < -0.4 is 5.32 Å². The van der Waals surface area contributed by atoms with E-state index >= 15 is 0 Å². The van der Waals surface area contributed by atoms with Crippen molar-refractivity contribution in [1.82, 2.24) is 10.2 Å². The Balaban J connectivity index is 2.57. The smallest absolute Gasteiger partial charge is 0.305 e. The summed E-state index contributed by atoms with van der Waals surface area (Å²) in [5.41, 5.74) is -0.451. The molecule has 1 saturated heterocycles. The summed E-state index contributed by atoms with van der Waals surface area (Å²) in [6.07, 6.45) is 2.61. The standard InChI is InChI=1S/C11H20N2O3/c1-3-11(6-4-7-12-11)10(16)13(2)8-5-9(14)15/h12H,3-8H2,1-2H3,(H,14,15). The van der Waals surface area contributed by atoms with E-state index < -0.39 is 11.5 Å². The molecular formula is C11H20N2O3. The van der Waals surface area contributed by atoms with Crippen molar-refractivity contribution in [3.05, 3.63) is 0 Å². The van der Waals surface area contributed by atoms with Crippen molar-refractivity contribution in [2.24, 2.45) is 0 Å². The van der Waals surface area contributed by atoms with Crippen molar-refractivity contribution in [3.8, 4) is 0 Å². The highest BCUT2D eigenvalue weighted by Crippen LogP contribution is 2.25. The second-order valence-corrected chi connectivity index (χ2v) is 4.34. The average Bonchev–Trinajstić information content (AvgIpc) is 2.74. The van der Waals surface area contributed by atoms with Crippen molar-refractivity contribution in [1.29, 1.82) is 0 Å². The fourth-order valence-electron chi connectivity index (χ4n) is 2.17. The van der Waals surface area contributed by atoms with Crippen molar-refractivity contribution >= 4 is 11.9 Å². The van der Waals surface area contributed by atoms with Crippen LogP contribution in [0.5, 0.6) is 0 Å². The van der Waals surface area contributed by atoms with E-state index in [0.717, 1.165) is 25.8 Å². The normalized spacial score (nSPS) is 24.4. The fourth-order valence-corrected chi connectivity index (χ4v) is 2.17. The maximum Gasteiger partial charge on any atom is 0.305 e. The zero-order valence-electron chi connectivity index (χ0n) is 9.95. The highest BCUT2D eigenvalue weighted by molar-refractivity contribution is 5.86. The minimum Gasteiger partial charge on any atom is -0.481 e. The van der Waals surface area contributed by atoms with Gasteiger partial charge < -0.3 is 15.3 Å². The van der Waals surface area contributed by atoms with E-state index in [-0.39, 0.29) is 18.9 Å². The lowest BCUT2D eigenvalue weighted by Gasteiger charge is -2.31. The van der Waals surface area contributed by atoms with Crippen LogP contribution in [0.4, 0.5) is 0 Å². The fraction of sp³-hybridized carbons (Fsp3) is 0.818. The van der Waals surface area contributed by atoms with Crippen LogP contribution in [0.25, 0.3) is 0 Å². The van der Waals surface area contributed by atoms with Gasteiger partial charge in [0.25, 0.3) is 0 Å². The SMILES string of the molecule is CCC1(C(=O)N(C)CCC(=O)O)CCCN1. The Hall–Kier alpha value is -1.10. The molecule has 5 heteroatoms. The van der Waals surface area contributed by atoms with Gasteiger partial charge in [0.05, 0.1) is 12.0 Å². The summed E-state index contributed by atoms with van der Waals surface area (Å²) in [5, 5.41) is 11.8. The molecule has 1 fully saturated rings. The molecule has 0 aromatic heterocycles. The molecule has 0 saturated carbocycles. The molecular weight excluding hydrogens is 208 g/mol. The maximum atomic E-state index is 12.2. The third-order valence-electron chi connectivity index (χ3n) is 3.26. The summed E-state index contributed by atoms with van der Waals surface area (Å²) in [4.78, 5) is 24.1. The van der Waals surface area contributed by atoms with E-state index in [1.807, 2.05) is 6.92 Å². The molecule has 1 heterocycles. The number of carboxylic acid groups (broad SMARTS) is 1. The summed E-state index contributed by atoms with van der Waals surface area (Å²) in [5.74, 6) is -0.849. The highest BCUT2D eigenvalue weighted by atomic mass is 16.4. The lowest BCUT2D eigenvalue weighted by molar-refractivity contribution is -0.140. The second kappa shape index (κ2) is 5.30. The highest BCUT2D eigenvalue weighted by Gasteiger charge is 2.40. The molecule has 0 spiro atoms. The number of carbonyl (C=O) groups excluding carboxylic acids is 1. The summed E-state index contributed by atoms with van der Waals surface area (Å²) in [6, 6.07) is 0. The Morgan fingerprint density at radius 1 is 1.50 bits per heavy atom. The van der Waals surface area contributed by atoms with Crippen LogP contribution in [0.15, 0.2) is 0 Å². The third-order valence-corrected chi connectivity index (χ3v) is 3.26. The molecule has 92 valence electrons. The molecule has 5 nitrogen and oxygen atoms in total. The van der Waals surface area contributed by atoms with Crippen LogP contribution in [-0.2, 0) is 9.59 Å². The van der Waals surface area contributed by atoms with Gasteiger partial charge in [-0.2, -0.15) is 0 Å². The molecule has 0 aliphatic carbocycles. The molecule has 1 aliphatic rings. The predicted octanol–water partition coefficient (Wildman–Crippen LogP) is 0.452. The number of rotatable bonds is 5. The minimum atomic E-state index is -0.871. The second-order valence-electron chi connectivity index (χ2n) is 4.34. The number of nitrogens with one attached hydrogen (secondary N) is 1. The summed E-state index contributed by atoms with van der Waals surface area (Å²) >= 11 is 0. The monoisotopic (exact) mass is 228 g/mol. The first-order chi connectivity index (χ1) is 7.52. The van der Waals surface area contributed by atoms with E-state index in [1.54, 1.807) is 7.05 Å². The van der Waals surface area contributed by atoms with Crippen molar-refractivity contribution in [3.63, 3.8) is 0 Å². The number of nitrogens with zero attached hydrogens (tertiary/aromatic N) is 1. The van der Waals surface area contributed by atoms with E-state index in [9.17, 15) is 9.59 Å². The lowest BCUT2D eigenvalue weighted by Crippen LogP contribution is -2.53. The zero-order chi connectivity index (χ0) is 12.2. The Labute approximate surface area is 95.8 Å². The quantitative estimate of drug-likeness (QED) is 0.717. The largest absolute Gasteiger partial charge is 0.481 e. The summed E-state index contributed by atoms with van der Waals surface area (Å²) in [7, 11) is 1.67. The van der Waals surface area contributed by atoms with Crippen LogP contribution >= 0.6 is 0 Å². The van der Waals surface area contributed by atoms with Gasteiger partial charge in [-0.1, -0.05) is 6.92 Å². The van der Waals surface area contributed by atoms with Crippen molar-refractivity contribution in [2.45, 2.75) is 38.1 Å².